The molecule has 0 spiro atoms. The highest BCUT2D eigenvalue weighted by Gasteiger charge is 2.31. The molecule has 5 heteroatoms. The van der Waals surface area contributed by atoms with E-state index in [2.05, 4.69) is 40.2 Å². The molecule has 0 aromatic carbocycles. The van der Waals surface area contributed by atoms with Crippen molar-refractivity contribution < 1.29 is 5.11 Å². The summed E-state index contributed by atoms with van der Waals surface area (Å²) < 4.78 is 3.16. The lowest BCUT2D eigenvalue weighted by Gasteiger charge is -2.29. The van der Waals surface area contributed by atoms with E-state index in [0.717, 1.165) is 29.6 Å². The number of hydrogen-bond acceptors (Lipinski definition) is 3. The Morgan fingerprint density at radius 2 is 2.16 bits per heavy atom. The van der Waals surface area contributed by atoms with E-state index < -0.39 is 0 Å². The monoisotopic (exact) mass is 329 g/mol. The topological polar surface area (TPSA) is 50.1 Å². The molecule has 1 heterocycles. The van der Waals surface area contributed by atoms with Crippen LogP contribution in [0.3, 0.4) is 0 Å². The number of nitrogens with one attached hydrogen (secondary N) is 1. The van der Waals surface area contributed by atoms with Gasteiger partial charge in [-0.3, -0.25) is 4.68 Å². The lowest BCUT2D eigenvalue weighted by atomic mass is 9.96. The van der Waals surface area contributed by atoms with Crippen molar-refractivity contribution in [3.8, 4) is 0 Å². The number of rotatable bonds is 7. The third-order valence-electron chi connectivity index (χ3n) is 3.87. The second-order valence-electron chi connectivity index (χ2n) is 5.95. The van der Waals surface area contributed by atoms with E-state index >= 15 is 0 Å². The highest BCUT2D eigenvalue weighted by atomic mass is 79.9. The smallest absolute Gasteiger partial charge is 0.0738 e. The van der Waals surface area contributed by atoms with E-state index in [-0.39, 0.29) is 12.1 Å². The summed E-state index contributed by atoms with van der Waals surface area (Å²) in [7, 11) is 0. The standard InChI is InChI=1S/C14H24BrN3O/c1-10-13(15)11(2)18(17-10)8-4-7-14(3,9-19)16-12-5-6-12/h12,16,19H,4-9H2,1-3H3. The molecule has 2 rings (SSSR count). The molecule has 0 radical (unpaired) electrons. The van der Waals surface area contributed by atoms with Gasteiger partial charge >= 0.3 is 0 Å². The summed E-state index contributed by atoms with van der Waals surface area (Å²) in [5, 5.41) is 17.6. The van der Waals surface area contributed by atoms with Crippen LogP contribution in [0.1, 0.15) is 44.0 Å². The van der Waals surface area contributed by atoms with Gasteiger partial charge in [-0.15, -0.1) is 0 Å². The molecule has 0 bridgehead atoms. The van der Waals surface area contributed by atoms with Crippen LogP contribution in [0.5, 0.6) is 0 Å². The van der Waals surface area contributed by atoms with E-state index in [1.165, 1.54) is 18.5 Å². The minimum absolute atomic E-state index is 0.144. The van der Waals surface area contributed by atoms with Crippen molar-refractivity contribution in [3.05, 3.63) is 15.9 Å². The Morgan fingerprint density at radius 3 is 2.63 bits per heavy atom. The summed E-state index contributed by atoms with van der Waals surface area (Å²) in [5.41, 5.74) is 2.07. The number of aromatic nitrogens is 2. The van der Waals surface area contributed by atoms with Crippen LogP contribution in [0.4, 0.5) is 0 Å². The van der Waals surface area contributed by atoms with E-state index in [1.807, 2.05) is 11.6 Å². The van der Waals surface area contributed by atoms with Crippen LogP contribution in [0.2, 0.25) is 0 Å². The van der Waals surface area contributed by atoms with Crippen molar-refractivity contribution in [1.82, 2.24) is 15.1 Å². The van der Waals surface area contributed by atoms with E-state index in [0.29, 0.717) is 6.04 Å². The first-order valence-corrected chi connectivity index (χ1v) is 7.82. The number of aryl methyl sites for hydroxylation is 2. The fourth-order valence-electron chi connectivity index (χ4n) is 2.43. The van der Waals surface area contributed by atoms with Crippen molar-refractivity contribution in [1.29, 1.82) is 0 Å². The molecule has 1 aromatic rings. The van der Waals surface area contributed by atoms with Gasteiger partial charge in [0.25, 0.3) is 0 Å². The summed E-state index contributed by atoms with van der Waals surface area (Å²) >= 11 is 3.55. The molecule has 4 nitrogen and oxygen atoms in total. The van der Waals surface area contributed by atoms with Crippen LogP contribution >= 0.6 is 15.9 Å². The van der Waals surface area contributed by atoms with Crippen molar-refractivity contribution >= 4 is 15.9 Å². The molecule has 0 saturated heterocycles. The molecule has 2 N–H and O–H groups in total. The predicted molar refractivity (Wildman–Crippen MR) is 80.3 cm³/mol. The molecule has 1 saturated carbocycles. The van der Waals surface area contributed by atoms with Crippen molar-refractivity contribution in [2.75, 3.05) is 6.61 Å². The normalized spacial score (nSPS) is 18.6. The maximum Gasteiger partial charge on any atom is 0.0738 e. The SMILES string of the molecule is Cc1nn(CCCC(C)(CO)NC2CC2)c(C)c1Br. The average Bonchev–Trinajstić information content (AvgIpc) is 3.15. The summed E-state index contributed by atoms with van der Waals surface area (Å²) in [5.74, 6) is 0. The Morgan fingerprint density at radius 1 is 1.47 bits per heavy atom. The zero-order valence-electron chi connectivity index (χ0n) is 12.0. The zero-order chi connectivity index (χ0) is 14.0. The van der Waals surface area contributed by atoms with Gasteiger partial charge < -0.3 is 10.4 Å². The number of aliphatic hydroxyl groups is 1. The molecule has 1 atom stereocenters. The van der Waals surface area contributed by atoms with Gasteiger partial charge in [-0.2, -0.15) is 5.10 Å². The molecular weight excluding hydrogens is 306 g/mol. The van der Waals surface area contributed by atoms with Gasteiger partial charge in [-0.25, -0.2) is 0 Å². The molecule has 1 unspecified atom stereocenters. The number of nitrogens with zero attached hydrogens (tertiary/aromatic N) is 2. The Balaban J connectivity index is 1.85. The van der Waals surface area contributed by atoms with Crippen LogP contribution < -0.4 is 5.32 Å². The second-order valence-corrected chi connectivity index (χ2v) is 6.74. The van der Waals surface area contributed by atoms with Crippen LogP contribution in [-0.4, -0.2) is 33.1 Å². The predicted octanol–water partition coefficient (Wildman–Crippen LogP) is 2.55. The fourth-order valence-corrected chi connectivity index (χ4v) is 2.71. The van der Waals surface area contributed by atoms with Gasteiger partial charge in [0.2, 0.25) is 0 Å². The first kappa shape index (κ1) is 15.0. The maximum atomic E-state index is 9.57. The Kier molecular flexibility index (Phi) is 4.69. The lowest BCUT2D eigenvalue weighted by molar-refractivity contribution is 0.159. The molecule has 1 aromatic heterocycles. The van der Waals surface area contributed by atoms with Crippen LogP contribution in [0, 0.1) is 13.8 Å². The highest BCUT2D eigenvalue weighted by Crippen LogP contribution is 2.25. The van der Waals surface area contributed by atoms with Gasteiger partial charge in [-0.1, -0.05) is 0 Å². The largest absolute Gasteiger partial charge is 0.394 e. The van der Waals surface area contributed by atoms with Crippen LogP contribution in [-0.2, 0) is 6.54 Å². The van der Waals surface area contributed by atoms with Crippen molar-refractivity contribution in [2.24, 2.45) is 0 Å². The van der Waals surface area contributed by atoms with E-state index in [9.17, 15) is 5.11 Å². The highest BCUT2D eigenvalue weighted by molar-refractivity contribution is 9.10. The summed E-state index contributed by atoms with van der Waals surface area (Å²) in [6.45, 7) is 7.31. The molecule has 0 amide bonds. The number of halogens is 1. The number of hydrogen-bond donors (Lipinski definition) is 2. The minimum Gasteiger partial charge on any atom is -0.394 e. The summed E-state index contributed by atoms with van der Waals surface area (Å²) in [6, 6.07) is 0.625. The molecule has 0 aliphatic heterocycles. The fraction of sp³-hybridized carbons (Fsp3) is 0.786. The maximum absolute atomic E-state index is 9.57. The first-order chi connectivity index (χ1) is 8.95. The molecule has 1 aliphatic carbocycles. The van der Waals surface area contributed by atoms with Gasteiger partial charge in [-0.05, 0) is 62.4 Å². The van der Waals surface area contributed by atoms with E-state index in [4.69, 9.17) is 0 Å². The van der Waals surface area contributed by atoms with Gasteiger partial charge in [0.15, 0.2) is 0 Å². The third kappa shape index (κ3) is 3.80. The summed E-state index contributed by atoms with van der Waals surface area (Å²) in [4.78, 5) is 0. The Labute approximate surface area is 123 Å². The third-order valence-corrected chi connectivity index (χ3v) is 5.02. The van der Waals surface area contributed by atoms with Crippen molar-refractivity contribution in [2.45, 2.75) is 64.6 Å². The Bertz CT molecular complexity index is 442. The molecule has 19 heavy (non-hydrogen) atoms. The van der Waals surface area contributed by atoms with Gasteiger partial charge in [0.05, 0.1) is 16.8 Å². The van der Waals surface area contributed by atoms with Gasteiger partial charge in [0, 0.05) is 23.8 Å². The van der Waals surface area contributed by atoms with Crippen molar-refractivity contribution in [3.63, 3.8) is 0 Å². The molecule has 108 valence electrons. The minimum atomic E-state index is -0.144. The Hall–Kier alpha value is -0.390. The molecule has 1 aliphatic rings. The van der Waals surface area contributed by atoms with E-state index in [1.54, 1.807) is 0 Å². The van der Waals surface area contributed by atoms with Gasteiger partial charge in [0.1, 0.15) is 0 Å². The average molecular weight is 330 g/mol. The zero-order valence-corrected chi connectivity index (χ0v) is 13.6. The molecular formula is C14H24BrN3O. The van der Waals surface area contributed by atoms with Crippen LogP contribution in [0.25, 0.3) is 0 Å². The first-order valence-electron chi connectivity index (χ1n) is 7.03. The lowest BCUT2D eigenvalue weighted by Crippen LogP contribution is -2.47. The quantitative estimate of drug-likeness (QED) is 0.808. The number of aliphatic hydroxyl groups excluding tert-OH is 1. The summed E-state index contributed by atoms with van der Waals surface area (Å²) in [6.07, 6.45) is 4.49. The van der Waals surface area contributed by atoms with Crippen LogP contribution in [0.15, 0.2) is 4.47 Å². The second kappa shape index (κ2) is 5.94. The molecule has 1 fully saturated rings.